The molecule has 2 rings (SSSR count). The van der Waals surface area contributed by atoms with Gasteiger partial charge in [-0.3, -0.25) is 0 Å². The minimum Gasteiger partial charge on any atom is -0.357 e. The fourth-order valence-corrected chi connectivity index (χ4v) is 5.05. The zero-order valence-electron chi connectivity index (χ0n) is 13.4. The lowest BCUT2D eigenvalue weighted by atomic mass is 10.2. The predicted octanol–water partition coefficient (Wildman–Crippen LogP) is 1.73. The summed E-state index contributed by atoms with van der Waals surface area (Å²) in [6.07, 6.45) is 5.71. The molecule has 0 amide bonds. The minimum absolute atomic E-state index is 0.180. The Labute approximate surface area is 146 Å². The first-order valence-corrected chi connectivity index (χ1v) is 11.3. The second-order valence-electron chi connectivity index (χ2n) is 5.47. The molecule has 9 heteroatoms. The van der Waals surface area contributed by atoms with E-state index in [-0.39, 0.29) is 4.21 Å². The third-order valence-corrected chi connectivity index (χ3v) is 7.32. The maximum Gasteiger partial charge on any atom is 0.247 e. The Hall–Kier alpha value is -0.770. The lowest BCUT2D eigenvalue weighted by Crippen LogP contribution is -2.42. The Balaban J connectivity index is 1.97. The minimum atomic E-state index is -3.62. The Morgan fingerprint density at radius 3 is 2.83 bits per heavy atom. The van der Waals surface area contributed by atoms with Gasteiger partial charge in [0.2, 0.25) is 10.0 Å². The molecule has 0 saturated heterocycles. The molecule has 1 aliphatic carbocycles. The average Bonchev–Trinajstić information content (AvgIpc) is 3.13. The summed E-state index contributed by atoms with van der Waals surface area (Å²) in [5, 5.41) is 12.6. The summed E-state index contributed by atoms with van der Waals surface area (Å²) in [5.41, 5.74) is 0. The summed E-state index contributed by atoms with van der Waals surface area (Å²) < 4.78 is 22.8. The first kappa shape index (κ1) is 18.6. The SMILES string of the molecule is CCNC(=NCc1ccc(S(N)(=O)=O)s1)NC1CCC(SC)C1. The van der Waals surface area contributed by atoms with Gasteiger partial charge in [0.1, 0.15) is 4.21 Å². The van der Waals surface area contributed by atoms with E-state index in [0.29, 0.717) is 12.6 Å². The molecule has 0 aromatic carbocycles. The number of guanidine groups is 1. The molecular formula is C14H24N4O2S3. The summed E-state index contributed by atoms with van der Waals surface area (Å²) in [5.74, 6) is 0.782. The quantitative estimate of drug-likeness (QED) is 0.519. The fourth-order valence-electron chi connectivity index (χ4n) is 2.55. The molecule has 1 aromatic heterocycles. The fraction of sp³-hybridized carbons (Fsp3) is 0.643. The van der Waals surface area contributed by atoms with Crippen LogP contribution in [0.1, 0.15) is 31.1 Å². The highest BCUT2D eigenvalue weighted by molar-refractivity contribution is 7.99. The molecule has 130 valence electrons. The van der Waals surface area contributed by atoms with Crippen LogP contribution in [0.3, 0.4) is 0 Å². The lowest BCUT2D eigenvalue weighted by molar-refractivity contribution is 0.600. The molecular weight excluding hydrogens is 352 g/mol. The zero-order valence-corrected chi connectivity index (χ0v) is 15.9. The first-order chi connectivity index (χ1) is 10.9. The Morgan fingerprint density at radius 2 is 2.26 bits per heavy atom. The van der Waals surface area contributed by atoms with Gasteiger partial charge in [-0.2, -0.15) is 11.8 Å². The molecule has 2 unspecified atom stereocenters. The van der Waals surface area contributed by atoms with Crippen molar-refractivity contribution in [1.82, 2.24) is 10.6 Å². The molecule has 1 aliphatic rings. The topological polar surface area (TPSA) is 96.6 Å². The number of primary sulfonamides is 1. The maximum atomic E-state index is 11.3. The number of hydrogen-bond acceptors (Lipinski definition) is 5. The molecule has 0 spiro atoms. The number of nitrogens with two attached hydrogens (primary N) is 1. The number of hydrogen-bond donors (Lipinski definition) is 3. The molecule has 1 heterocycles. The standard InChI is InChI=1S/C14H24N4O2S3/c1-3-16-14(18-10-4-5-11(8-10)21-2)17-9-12-6-7-13(22-12)23(15,19)20/h6-7,10-11H,3-5,8-9H2,1-2H3,(H2,15,19,20)(H2,16,17,18). The van der Waals surface area contributed by atoms with Gasteiger partial charge in [0.15, 0.2) is 5.96 Å². The highest BCUT2D eigenvalue weighted by atomic mass is 32.2. The van der Waals surface area contributed by atoms with Gasteiger partial charge in [-0.05, 0) is 44.6 Å². The number of aliphatic imine (C=N–C) groups is 1. The number of sulfonamides is 1. The van der Waals surface area contributed by atoms with Crippen molar-refractivity contribution in [2.24, 2.45) is 10.1 Å². The second-order valence-corrected chi connectivity index (χ2v) is 9.57. The van der Waals surface area contributed by atoms with Crippen LogP contribution in [0.15, 0.2) is 21.3 Å². The summed E-state index contributed by atoms with van der Waals surface area (Å²) in [7, 11) is -3.62. The molecule has 4 N–H and O–H groups in total. The lowest BCUT2D eigenvalue weighted by Gasteiger charge is -2.17. The normalized spacial score (nSPS) is 22.3. The maximum absolute atomic E-state index is 11.3. The van der Waals surface area contributed by atoms with Gasteiger partial charge >= 0.3 is 0 Å². The van der Waals surface area contributed by atoms with E-state index in [0.717, 1.165) is 35.5 Å². The molecule has 6 nitrogen and oxygen atoms in total. The molecule has 23 heavy (non-hydrogen) atoms. The van der Waals surface area contributed by atoms with Crippen LogP contribution in [-0.2, 0) is 16.6 Å². The third-order valence-electron chi connectivity index (χ3n) is 3.71. The van der Waals surface area contributed by atoms with E-state index in [1.807, 2.05) is 18.7 Å². The van der Waals surface area contributed by atoms with Gasteiger partial charge in [0, 0.05) is 22.7 Å². The van der Waals surface area contributed by atoms with Crippen molar-refractivity contribution < 1.29 is 8.42 Å². The number of thiophene rings is 1. The molecule has 0 radical (unpaired) electrons. The van der Waals surface area contributed by atoms with Gasteiger partial charge in [0.25, 0.3) is 0 Å². The largest absolute Gasteiger partial charge is 0.357 e. The van der Waals surface area contributed by atoms with E-state index >= 15 is 0 Å². The van der Waals surface area contributed by atoms with Gasteiger partial charge < -0.3 is 10.6 Å². The van der Waals surface area contributed by atoms with E-state index in [4.69, 9.17) is 5.14 Å². The van der Waals surface area contributed by atoms with E-state index in [2.05, 4.69) is 21.9 Å². The van der Waals surface area contributed by atoms with Crippen LogP contribution in [0, 0.1) is 0 Å². The summed E-state index contributed by atoms with van der Waals surface area (Å²) in [6, 6.07) is 3.75. The van der Waals surface area contributed by atoms with Crippen molar-refractivity contribution in [3.63, 3.8) is 0 Å². The Kier molecular flexibility index (Phi) is 6.75. The number of nitrogens with one attached hydrogen (secondary N) is 2. The van der Waals surface area contributed by atoms with Crippen LogP contribution in [0.25, 0.3) is 0 Å². The zero-order chi connectivity index (χ0) is 16.9. The smallest absolute Gasteiger partial charge is 0.247 e. The van der Waals surface area contributed by atoms with Crippen molar-refractivity contribution >= 4 is 39.1 Å². The van der Waals surface area contributed by atoms with Crippen LogP contribution >= 0.6 is 23.1 Å². The average molecular weight is 377 g/mol. The summed E-state index contributed by atoms with van der Waals surface area (Å²) >= 11 is 3.09. The van der Waals surface area contributed by atoms with Gasteiger partial charge in [-0.1, -0.05) is 0 Å². The van der Waals surface area contributed by atoms with Gasteiger partial charge in [0.05, 0.1) is 6.54 Å². The van der Waals surface area contributed by atoms with Crippen molar-refractivity contribution in [1.29, 1.82) is 0 Å². The van der Waals surface area contributed by atoms with E-state index in [1.54, 1.807) is 6.07 Å². The first-order valence-electron chi connectivity index (χ1n) is 7.61. The van der Waals surface area contributed by atoms with Crippen LogP contribution in [-0.4, -0.2) is 38.5 Å². The van der Waals surface area contributed by atoms with Crippen molar-refractivity contribution in [3.8, 4) is 0 Å². The van der Waals surface area contributed by atoms with Crippen LogP contribution < -0.4 is 15.8 Å². The van der Waals surface area contributed by atoms with Crippen molar-refractivity contribution in [2.45, 2.75) is 48.2 Å². The number of nitrogens with zero attached hydrogens (tertiary/aromatic N) is 1. The Bertz CT molecular complexity index is 642. The number of rotatable bonds is 6. The highest BCUT2D eigenvalue weighted by Gasteiger charge is 2.24. The van der Waals surface area contributed by atoms with E-state index in [9.17, 15) is 8.42 Å². The van der Waals surface area contributed by atoms with E-state index in [1.165, 1.54) is 23.8 Å². The van der Waals surface area contributed by atoms with E-state index < -0.39 is 10.0 Å². The van der Waals surface area contributed by atoms with Crippen LogP contribution in [0.5, 0.6) is 0 Å². The molecule has 1 aromatic rings. The van der Waals surface area contributed by atoms with Crippen molar-refractivity contribution in [2.75, 3.05) is 12.8 Å². The molecule has 0 aliphatic heterocycles. The van der Waals surface area contributed by atoms with Crippen LogP contribution in [0.4, 0.5) is 0 Å². The number of thioether (sulfide) groups is 1. The van der Waals surface area contributed by atoms with Crippen molar-refractivity contribution in [3.05, 3.63) is 17.0 Å². The summed E-state index contributed by atoms with van der Waals surface area (Å²) in [6.45, 7) is 3.26. The molecule has 1 fully saturated rings. The predicted molar refractivity (Wildman–Crippen MR) is 98.6 cm³/mol. The molecule has 2 atom stereocenters. The second kappa shape index (κ2) is 8.36. The molecule has 0 bridgehead atoms. The van der Waals surface area contributed by atoms with Crippen LogP contribution in [0.2, 0.25) is 0 Å². The highest BCUT2D eigenvalue weighted by Crippen LogP contribution is 2.28. The monoisotopic (exact) mass is 376 g/mol. The third kappa shape index (κ3) is 5.66. The van der Waals surface area contributed by atoms with Gasteiger partial charge in [-0.25, -0.2) is 18.5 Å². The Morgan fingerprint density at radius 1 is 1.48 bits per heavy atom. The molecule has 1 saturated carbocycles. The van der Waals surface area contributed by atoms with Gasteiger partial charge in [-0.15, -0.1) is 11.3 Å². The summed E-state index contributed by atoms with van der Waals surface area (Å²) in [4.78, 5) is 5.43.